The number of likely N-dealkylation sites (N-methyl/N-ethyl adjacent to an activating group) is 1. The van der Waals surface area contributed by atoms with E-state index in [4.69, 9.17) is 27.1 Å². The molecule has 3 heterocycles. The summed E-state index contributed by atoms with van der Waals surface area (Å²) in [5, 5.41) is 0.562. The number of rotatable bonds is 1. The molecule has 2 aromatic rings. The number of hydrogen-bond donors (Lipinski definition) is 1. The number of aliphatic imine (C=N–C) groups is 1. The third-order valence-corrected chi connectivity index (χ3v) is 6.42. The van der Waals surface area contributed by atoms with E-state index in [0.29, 0.717) is 10.8 Å². The smallest absolute Gasteiger partial charge is 0.262 e. The molecule has 3 aliphatic rings. The lowest BCUT2D eigenvalue weighted by Gasteiger charge is -2.46. The van der Waals surface area contributed by atoms with E-state index in [1.807, 2.05) is 24.3 Å². The Bertz CT molecular complexity index is 1010. The van der Waals surface area contributed by atoms with Crippen molar-refractivity contribution in [2.24, 2.45) is 16.6 Å². The predicted octanol–water partition coefficient (Wildman–Crippen LogP) is 3.34. The fraction of sp³-hybridized carbons (Fsp3) is 0.381. The summed E-state index contributed by atoms with van der Waals surface area (Å²) in [7, 11) is 1.69. The van der Waals surface area contributed by atoms with Crippen LogP contribution in [0.1, 0.15) is 31.2 Å². The maximum Gasteiger partial charge on any atom is 0.262 e. The first-order chi connectivity index (χ1) is 13.5. The number of carbonyl (C=O) groups is 1. The van der Waals surface area contributed by atoms with Crippen LogP contribution in [-0.4, -0.2) is 34.9 Å². The van der Waals surface area contributed by atoms with E-state index >= 15 is 0 Å². The van der Waals surface area contributed by atoms with Crippen LogP contribution in [0.15, 0.2) is 41.7 Å². The van der Waals surface area contributed by atoms with Crippen molar-refractivity contribution in [3.05, 3.63) is 47.2 Å². The Hall–Kier alpha value is -2.60. The van der Waals surface area contributed by atoms with Gasteiger partial charge in [-0.2, -0.15) is 0 Å². The highest BCUT2D eigenvalue weighted by molar-refractivity contribution is 6.30. The van der Waals surface area contributed by atoms with Gasteiger partial charge in [-0.25, -0.2) is 4.99 Å². The zero-order chi connectivity index (χ0) is 19.5. The average Bonchev–Trinajstić information content (AvgIpc) is 2.93. The van der Waals surface area contributed by atoms with Gasteiger partial charge in [-0.1, -0.05) is 24.1 Å². The van der Waals surface area contributed by atoms with Gasteiger partial charge in [0, 0.05) is 36.5 Å². The second kappa shape index (κ2) is 6.21. The first-order valence-corrected chi connectivity index (χ1v) is 9.94. The molecule has 1 aliphatic carbocycles. The quantitative estimate of drug-likeness (QED) is 0.801. The highest BCUT2D eigenvalue weighted by Crippen LogP contribution is 2.53. The molecule has 1 spiro atoms. The van der Waals surface area contributed by atoms with Gasteiger partial charge in [0.25, 0.3) is 5.91 Å². The Morgan fingerprint density at radius 1 is 1.21 bits per heavy atom. The van der Waals surface area contributed by atoms with Crippen molar-refractivity contribution < 1.29 is 9.53 Å². The molecule has 144 valence electrons. The summed E-state index contributed by atoms with van der Waals surface area (Å²) in [4.78, 5) is 23.9. The van der Waals surface area contributed by atoms with E-state index in [-0.39, 0.29) is 23.9 Å². The molecule has 2 unspecified atom stereocenters. The number of aromatic nitrogens is 1. The minimum atomic E-state index is -1.01. The average molecular weight is 397 g/mol. The number of amides is 1. The number of pyridine rings is 1. The topological polar surface area (TPSA) is 80.8 Å². The molecular weight excluding hydrogens is 376 g/mol. The summed E-state index contributed by atoms with van der Waals surface area (Å²) >= 11 is 6.12. The molecular formula is C21H21ClN4O2. The number of fused-ring (bicyclic) bond motifs is 4. The molecule has 7 heteroatoms. The highest BCUT2D eigenvalue weighted by Gasteiger charge is 2.60. The third kappa shape index (κ3) is 2.37. The number of benzene rings is 1. The van der Waals surface area contributed by atoms with E-state index in [1.165, 1.54) is 4.90 Å². The molecule has 28 heavy (non-hydrogen) atoms. The van der Waals surface area contributed by atoms with Crippen molar-refractivity contribution in [1.82, 2.24) is 9.88 Å². The van der Waals surface area contributed by atoms with Gasteiger partial charge in [-0.3, -0.25) is 14.7 Å². The number of hydrogen-bond acceptors (Lipinski definition) is 5. The zero-order valence-electron chi connectivity index (χ0n) is 15.6. The normalized spacial score (nSPS) is 28.6. The Labute approximate surface area is 168 Å². The van der Waals surface area contributed by atoms with Gasteiger partial charge < -0.3 is 10.5 Å². The second-order valence-corrected chi connectivity index (χ2v) is 8.19. The van der Waals surface area contributed by atoms with E-state index in [9.17, 15) is 4.79 Å². The van der Waals surface area contributed by atoms with Crippen LogP contribution in [0, 0.1) is 5.92 Å². The molecule has 6 nitrogen and oxygen atoms in total. The molecule has 5 rings (SSSR count). The minimum Gasteiger partial charge on any atom is -0.490 e. The van der Waals surface area contributed by atoms with E-state index in [2.05, 4.69) is 4.98 Å². The van der Waals surface area contributed by atoms with Crippen molar-refractivity contribution in [2.75, 3.05) is 7.05 Å². The van der Waals surface area contributed by atoms with Crippen LogP contribution in [0.3, 0.4) is 0 Å². The SMILES string of the molecule is CN1C(=O)C2(N=C1N)c1cc(-c3cncc(Cl)c3)ccc1O[C@H]1CCCCC12. The summed E-state index contributed by atoms with van der Waals surface area (Å²) in [5.74, 6) is 0.879. The van der Waals surface area contributed by atoms with Crippen molar-refractivity contribution in [3.63, 3.8) is 0 Å². The molecule has 2 aliphatic heterocycles. The van der Waals surface area contributed by atoms with E-state index in [0.717, 1.165) is 42.4 Å². The van der Waals surface area contributed by atoms with Gasteiger partial charge in [0.2, 0.25) is 0 Å². The summed E-state index contributed by atoms with van der Waals surface area (Å²) in [6.45, 7) is 0. The van der Waals surface area contributed by atoms with Crippen molar-refractivity contribution in [2.45, 2.75) is 37.3 Å². The Balaban J connectivity index is 1.73. The number of carbonyl (C=O) groups excluding carboxylic acids is 1. The van der Waals surface area contributed by atoms with Gasteiger partial charge in [0.15, 0.2) is 11.5 Å². The zero-order valence-corrected chi connectivity index (χ0v) is 16.3. The van der Waals surface area contributed by atoms with Gasteiger partial charge in [0.05, 0.1) is 5.02 Å². The molecule has 1 saturated carbocycles. The second-order valence-electron chi connectivity index (χ2n) is 7.75. The predicted molar refractivity (Wildman–Crippen MR) is 107 cm³/mol. The summed E-state index contributed by atoms with van der Waals surface area (Å²) in [6, 6.07) is 7.74. The van der Waals surface area contributed by atoms with Crippen LogP contribution in [0.4, 0.5) is 0 Å². The lowest BCUT2D eigenvalue weighted by molar-refractivity contribution is -0.136. The summed E-state index contributed by atoms with van der Waals surface area (Å²) in [6.07, 6.45) is 7.32. The number of halogens is 1. The standard InChI is InChI=1S/C21H21ClN4O2/c1-26-19(27)21(25-20(26)23)15-4-2-3-5-17(15)28-18-7-6-12(9-16(18)21)13-8-14(22)11-24-10-13/h6-11,15,17H,2-5H2,1H3,(H2,23,25)/t15?,17-,21?/m0/s1. The van der Waals surface area contributed by atoms with Crippen LogP contribution in [0.25, 0.3) is 11.1 Å². The van der Waals surface area contributed by atoms with Crippen LogP contribution in [-0.2, 0) is 10.3 Å². The van der Waals surface area contributed by atoms with Crippen LogP contribution >= 0.6 is 11.6 Å². The number of nitrogens with two attached hydrogens (primary N) is 1. The Kier molecular flexibility index (Phi) is 3.88. The van der Waals surface area contributed by atoms with Crippen LogP contribution in [0.2, 0.25) is 5.02 Å². The van der Waals surface area contributed by atoms with Crippen molar-refractivity contribution in [3.8, 4) is 16.9 Å². The number of nitrogens with zero attached hydrogens (tertiary/aromatic N) is 3. The summed E-state index contributed by atoms with van der Waals surface area (Å²) in [5.41, 5.74) is 7.68. The molecule has 2 N–H and O–H groups in total. The molecule has 1 aromatic heterocycles. The number of guanidine groups is 1. The Morgan fingerprint density at radius 3 is 2.79 bits per heavy atom. The van der Waals surface area contributed by atoms with Crippen LogP contribution in [0.5, 0.6) is 5.75 Å². The lowest BCUT2D eigenvalue weighted by Crippen LogP contribution is -2.53. The van der Waals surface area contributed by atoms with Crippen LogP contribution < -0.4 is 10.5 Å². The van der Waals surface area contributed by atoms with Gasteiger partial charge in [-0.05, 0) is 43.0 Å². The fourth-order valence-electron chi connectivity index (χ4n) is 4.84. The molecule has 0 saturated heterocycles. The molecule has 0 radical (unpaired) electrons. The molecule has 1 fully saturated rings. The maximum absolute atomic E-state index is 13.5. The lowest BCUT2D eigenvalue weighted by atomic mass is 9.67. The van der Waals surface area contributed by atoms with Gasteiger partial charge in [0.1, 0.15) is 11.9 Å². The monoisotopic (exact) mass is 396 g/mol. The summed E-state index contributed by atoms with van der Waals surface area (Å²) < 4.78 is 6.33. The highest BCUT2D eigenvalue weighted by atomic mass is 35.5. The van der Waals surface area contributed by atoms with Crippen molar-refractivity contribution in [1.29, 1.82) is 0 Å². The fourth-order valence-corrected chi connectivity index (χ4v) is 5.01. The third-order valence-electron chi connectivity index (χ3n) is 6.21. The largest absolute Gasteiger partial charge is 0.490 e. The molecule has 3 atom stereocenters. The number of ether oxygens (including phenoxy) is 1. The minimum absolute atomic E-state index is 0.0162. The molecule has 0 bridgehead atoms. The van der Waals surface area contributed by atoms with Gasteiger partial charge >= 0.3 is 0 Å². The van der Waals surface area contributed by atoms with E-state index in [1.54, 1.807) is 19.4 Å². The first kappa shape index (κ1) is 17.5. The van der Waals surface area contributed by atoms with E-state index < -0.39 is 5.54 Å². The Morgan fingerprint density at radius 2 is 2.04 bits per heavy atom. The first-order valence-electron chi connectivity index (χ1n) is 9.56. The molecule has 1 aromatic carbocycles. The maximum atomic E-state index is 13.5. The molecule has 1 amide bonds. The van der Waals surface area contributed by atoms with Crippen molar-refractivity contribution >= 4 is 23.5 Å². The van der Waals surface area contributed by atoms with Gasteiger partial charge in [-0.15, -0.1) is 0 Å².